The summed E-state index contributed by atoms with van der Waals surface area (Å²) < 4.78 is 5.62. The van der Waals surface area contributed by atoms with E-state index in [2.05, 4.69) is 36.5 Å². The van der Waals surface area contributed by atoms with Crippen molar-refractivity contribution in [1.29, 1.82) is 0 Å². The molecule has 1 atom stereocenters. The van der Waals surface area contributed by atoms with Gasteiger partial charge in [-0.05, 0) is 26.1 Å². The van der Waals surface area contributed by atoms with Crippen LogP contribution in [0.25, 0.3) is 0 Å². The van der Waals surface area contributed by atoms with Crippen molar-refractivity contribution in [3.63, 3.8) is 0 Å². The van der Waals surface area contributed by atoms with Crippen LogP contribution in [0.5, 0.6) is 0 Å². The van der Waals surface area contributed by atoms with E-state index in [4.69, 9.17) is 4.74 Å². The highest BCUT2D eigenvalue weighted by atomic mass is 32.2. The smallest absolute Gasteiger partial charge is 0.0671 e. The zero-order valence-electron chi connectivity index (χ0n) is 9.40. The fourth-order valence-corrected chi connectivity index (χ4v) is 2.04. The minimum Gasteiger partial charge on any atom is -0.376 e. The van der Waals surface area contributed by atoms with Crippen LogP contribution in [0.1, 0.15) is 6.92 Å². The molecule has 0 aliphatic heterocycles. The molecule has 0 bridgehead atoms. The van der Waals surface area contributed by atoms with Crippen LogP contribution >= 0.6 is 11.8 Å². The van der Waals surface area contributed by atoms with Crippen molar-refractivity contribution in [1.82, 2.24) is 5.32 Å². The second kappa shape index (κ2) is 7.74. The van der Waals surface area contributed by atoms with Gasteiger partial charge < -0.3 is 10.1 Å². The van der Waals surface area contributed by atoms with Crippen LogP contribution in [0, 0.1) is 0 Å². The third kappa shape index (κ3) is 5.82. The number of benzene rings is 1. The van der Waals surface area contributed by atoms with Crippen molar-refractivity contribution >= 4 is 11.8 Å². The molecule has 2 nitrogen and oxygen atoms in total. The molecular formula is C12H19NOS. The molecule has 0 saturated carbocycles. The van der Waals surface area contributed by atoms with Gasteiger partial charge in [0, 0.05) is 17.2 Å². The lowest BCUT2D eigenvalue weighted by atomic mass is 10.4. The molecule has 1 unspecified atom stereocenters. The molecule has 0 fully saturated rings. The quantitative estimate of drug-likeness (QED) is 0.569. The van der Waals surface area contributed by atoms with E-state index >= 15 is 0 Å². The lowest BCUT2D eigenvalue weighted by Crippen LogP contribution is -2.24. The molecule has 15 heavy (non-hydrogen) atoms. The first-order valence-electron chi connectivity index (χ1n) is 5.27. The Morgan fingerprint density at radius 2 is 2.07 bits per heavy atom. The van der Waals surface area contributed by atoms with E-state index in [1.807, 2.05) is 24.9 Å². The maximum atomic E-state index is 5.62. The van der Waals surface area contributed by atoms with E-state index in [1.54, 1.807) is 0 Å². The predicted molar refractivity (Wildman–Crippen MR) is 66.5 cm³/mol. The van der Waals surface area contributed by atoms with Gasteiger partial charge in [0.25, 0.3) is 0 Å². The Labute approximate surface area is 96.4 Å². The standard InChI is InChI=1S/C12H19NOS/c1-11(10-13-2)14-8-9-15-12-6-4-3-5-7-12/h3-7,11,13H,8-10H2,1-2H3. The van der Waals surface area contributed by atoms with Gasteiger partial charge >= 0.3 is 0 Å². The van der Waals surface area contributed by atoms with Crippen LogP contribution in [0.4, 0.5) is 0 Å². The summed E-state index contributed by atoms with van der Waals surface area (Å²) in [6, 6.07) is 10.4. The normalized spacial score (nSPS) is 12.7. The average molecular weight is 225 g/mol. The molecule has 1 N–H and O–H groups in total. The largest absolute Gasteiger partial charge is 0.376 e. The summed E-state index contributed by atoms with van der Waals surface area (Å²) in [5.74, 6) is 1.01. The number of thioether (sulfide) groups is 1. The van der Waals surface area contributed by atoms with Crippen LogP contribution in [-0.2, 0) is 4.74 Å². The highest BCUT2D eigenvalue weighted by molar-refractivity contribution is 7.99. The lowest BCUT2D eigenvalue weighted by molar-refractivity contribution is 0.0796. The molecule has 0 saturated heterocycles. The SMILES string of the molecule is CNCC(C)OCCSc1ccccc1. The minimum atomic E-state index is 0.298. The van der Waals surface area contributed by atoms with E-state index in [0.717, 1.165) is 18.9 Å². The first-order valence-corrected chi connectivity index (χ1v) is 6.25. The molecular weight excluding hydrogens is 206 g/mol. The highest BCUT2D eigenvalue weighted by Gasteiger charge is 1.99. The van der Waals surface area contributed by atoms with Crippen molar-refractivity contribution in [2.45, 2.75) is 17.9 Å². The van der Waals surface area contributed by atoms with E-state index < -0.39 is 0 Å². The van der Waals surface area contributed by atoms with E-state index in [9.17, 15) is 0 Å². The van der Waals surface area contributed by atoms with Gasteiger partial charge in [-0.2, -0.15) is 0 Å². The number of likely N-dealkylation sites (N-methyl/N-ethyl adjacent to an activating group) is 1. The summed E-state index contributed by atoms with van der Waals surface area (Å²) in [5, 5.41) is 3.09. The molecule has 1 rings (SSSR count). The summed E-state index contributed by atoms with van der Waals surface area (Å²) in [7, 11) is 1.94. The summed E-state index contributed by atoms with van der Waals surface area (Å²) >= 11 is 1.84. The fraction of sp³-hybridized carbons (Fsp3) is 0.500. The highest BCUT2D eigenvalue weighted by Crippen LogP contribution is 2.16. The van der Waals surface area contributed by atoms with Crippen LogP contribution in [0.2, 0.25) is 0 Å². The molecule has 0 aliphatic rings. The summed E-state index contributed by atoms with van der Waals surface area (Å²) in [4.78, 5) is 1.31. The maximum Gasteiger partial charge on any atom is 0.0671 e. The van der Waals surface area contributed by atoms with Crippen molar-refractivity contribution in [2.75, 3.05) is 26.0 Å². The molecule has 0 amide bonds. The second-order valence-electron chi connectivity index (χ2n) is 3.40. The van der Waals surface area contributed by atoms with Gasteiger partial charge in [0.05, 0.1) is 12.7 Å². The Balaban J connectivity index is 2.07. The van der Waals surface area contributed by atoms with Gasteiger partial charge in [0.2, 0.25) is 0 Å². The number of ether oxygens (including phenoxy) is 1. The Kier molecular flexibility index (Phi) is 6.48. The Morgan fingerprint density at radius 1 is 1.33 bits per heavy atom. The van der Waals surface area contributed by atoms with Crippen molar-refractivity contribution in [3.05, 3.63) is 30.3 Å². The van der Waals surface area contributed by atoms with Gasteiger partial charge in [-0.25, -0.2) is 0 Å². The maximum absolute atomic E-state index is 5.62. The van der Waals surface area contributed by atoms with Gasteiger partial charge in [-0.1, -0.05) is 18.2 Å². The average Bonchev–Trinajstić information content (AvgIpc) is 2.26. The third-order valence-corrected chi connectivity index (χ3v) is 2.97. The Morgan fingerprint density at radius 3 is 2.73 bits per heavy atom. The minimum absolute atomic E-state index is 0.298. The van der Waals surface area contributed by atoms with E-state index in [-0.39, 0.29) is 0 Å². The first-order chi connectivity index (χ1) is 7.33. The second-order valence-corrected chi connectivity index (χ2v) is 4.57. The van der Waals surface area contributed by atoms with E-state index in [1.165, 1.54) is 4.90 Å². The molecule has 0 aliphatic carbocycles. The third-order valence-electron chi connectivity index (χ3n) is 1.99. The summed E-state index contributed by atoms with van der Waals surface area (Å²) in [6.07, 6.45) is 0.298. The fourth-order valence-electron chi connectivity index (χ4n) is 1.27. The zero-order valence-corrected chi connectivity index (χ0v) is 10.2. The van der Waals surface area contributed by atoms with Crippen LogP contribution in [-0.4, -0.2) is 32.1 Å². The Hall–Kier alpha value is -0.510. The molecule has 1 aromatic carbocycles. The Bertz CT molecular complexity index is 253. The predicted octanol–water partition coefficient (Wildman–Crippen LogP) is 2.40. The van der Waals surface area contributed by atoms with Crippen molar-refractivity contribution < 1.29 is 4.74 Å². The van der Waals surface area contributed by atoms with Crippen molar-refractivity contribution in [2.24, 2.45) is 0 Å². The van der Waals surface area contributed by atoms with Crippen molar-refractivity contribution in [3.8, 4) is 0 Å². The topological polar surface area (TPSA) is 21.3 Å². The van der Waals surface area contributed by atoms with Gasteiger partial charge in [-0.3, -0.25) is 0 Å². The van der Waals surface area contributed by atoms with Gasteiger partial charge in [-0.15, -0.1) is 11.8 Å². The number of nitrogens with one attached hydrogen (secondary N) is 1. The number of hydrogen-bond acceptors (Lipinski definition) is 3. The monoisotopic (exact) mass is 225 g/mol. The van der Waals surface area contributed by atoms with Gasteiger partial charge in [0.15, 0.2) is 0 Å². The van der Waals surface area contributed by atoms with Crippen LogP contribution in [0.15, 0.2) is 35.2 Å². The van der Waals surface area contributed by atoms with Crippen LogP contribution in [0.3, 0.4) is 0 Å². The molecule has 0 spiro atoms. The molecule has 0 radical (unpaired) electrons. The molecule has 0 aromatic heterocycles. The molecule has 0 heterocycles. The molecule has 84 valence electrons. The molecule has 3 heteroatoms. The lowest BCUT2D eigenvalue weighted by Gasteiger charge is -2.11. The molecule has 1 aromatic rings. The van der Waals surface area contributed by atoms with Crippen LogP contribution < -0.4 is 5.32 Å². The first kappa shape index (κ1) is 12.6. The van der Waals surface area contributed by atoms with Gasteiger partial charge in [0.1, 0.15) is 0 Å². The van der Waals surface area contributed by atoms with E-state index in [0.29, 0.717) is 6.10 Å². The zero-order chi connectivity index (χ0) is 10.9. The summed E-state index contributed by atoms with van der Waals surface area (Å²) in [6.45, 7) is 3.81. The number of hydrogen-bond donors (Lipinski definition) is 1. The number of rotatable bonds is 7. The summed E-state index contributed by atoms with van der Waals surface area (Å²) in [5.41, 5.74) is 0.